The van der Waals surface area contributed by atoms with Crippen molar-refractivity contribution in [3.05, 3.63) is 28.5 Å². The van der Waals surface area contributed by atoms with E-state index in [0.717, 1.165) is 16.5 Å². The zero-order chi connectivity index (χ0) is 8.81. The normalized spacial score (nSPS) is 9.08. The molecule has 0 aromatic carbocycles. The van der Waals surface area contributed by atoms with Gasteiger partial charge in [0.2, 0.25) is 6.08 Å². The highest BCUT2D eigenvalue weighted by Gasteiger charge is 1.96. The molecular weight excluding hydrogens is 220 g/mol. The molecule has 12 heavy (non-hydrogen) atoms. The van der Waals surface area contributed by atoms with Crippen LogP contribution in [0.15, 0.2) is 27.9 Å². The van der Waals surface area contributed by atoms with E-state index >= 15 is 0 Å². The van der Waals surface area contributed by atoms with E-state index in [1.54, 1.807) is 12.4 Å². The Morgan fingerprint density at radius 3 is 3.17 bits per heavy atom. The van der Waals surface area contributed by atoms with Gasteiger partial charge in [0, 0.05) is 16.9 Å². The van der Waals surface area contributed by atoms with Crippen molar-refractivity contribution in [2.45, 2.75) is 6.42 Å². The zero-order valence-corrected chi connectivity index (χ0v) is 7.91. The van der Waals surface area contributed by atoms with E-state index < -0.39 is 0 Å². The first-order chi connectivity index (χ1) is 5.84. The molecule has 0 bridgehead atoms. The molecule has 1 aromatic heterocycles. The molecule has 0 spiro atoms. The van der Waals surface area contributed by atoms with Crippen LogP contribution in [0, 0.1) is 0 Å². The molecule has 0 fully saturated rings. The lowest BCUT2D eigenvalue weighted by atomic mass is 10.2. The van der Waals surface area contributed by atoms with Gasteiger partial charge in [0.25, 0.3) is 0 Å². The lowest BCUT2D eigenvalue weighted by Crippen LogP contribution is -1.90. The van der Waals surface area contributed by atoms with Gasteiger partial charge >= 0.3 is 0 Å². The number of hydrogen-bond donors (Lipinski definition) is 0. The molecule has 0 saturated heterocycles. The molecule has 0 radical (unpaired) electrons. The minimum Gasteiger partial charge on any atom is -0.264 e. The Hall–Kier alpha value is -0.990. The minimum absolute atomic E-state index is 0.478. The second kappa shape index (κ2) is 4.80. The molecule has 0 saturated carbocycles. The summed E-state index contributed by atoms with van der Waals surface area (Å²) in [5.74, 6) is 0. The van der Waals surface area contributed by atoms with Gasteiger partial charge in [-0.1, -0.05) is 0 Å². The lowest BCUT2D eigenvalue weighted by Gasteiger charge is -1.98. The van der Waals surface area contributed by atoms with E-state index in [4.69, 9.17) is 0 Å². The van der Waals surface area contributed by atoms with Gasteiger partial charge in [0.15, 0.2) is 0 Å². The summed E-state index contributed by atoms with van der Waals surface area (Å²) < 4.78 is 0.950. The molecule has 62 valence electrons. The number of pyridine rings is 1. The van der Waals surface area contributed by atoms with E-state index in [9.17, 15) is 4.79 Å². The first kappa shape index (κ1) is 9.10. The van der Waals surface area contributed by atoms with Crippen LogP contribution >= 0.6 is 15.9 Å². The number of hydrogen-bond acceptors (Lipinski definition) is 3. The first-order valence-corrected chi connectivity index (χ1v) is 4.26. The van der Waals surface area contributed by atoms with Crippen molar-refractivity contribution in [2.24, 2.45) is 4.99 Å². The van der Waals surface area contributed by atoms with Crippen molar-refractivity contribution in [2.75, 3.05) is 6.54 Å². The van der Waals surface area contributed by atoms with Gasteiger partial charge < -0.3 is 0 Å². The highest BCUT2D eigenvalue weighted by Crippen LogP contribution is 2.14. The van der Waals surface area contributed by atoms with Crippen molar-refractivity contribution in [3.8, 4) is 0 Å². The monoisotopic (exact) mass is 226 g/mol. The summed E-state index contributed by atoms with van der Waals surface area (Å²) in [4.78, 5) is 17.1. The summed E-state index contributed by atoms with van der Waals surface area (Å²) in [5, 5.41) is 0. The molecule has 0 aliphatic rings. The highest BCUT2D eigenvalue weighted by molar-refractivity contribution is 9.10. The number of halogens is 1. The van der Waals surface area contributed by atoms with Crippen LogP contribution in [-0.2, 0) is 11.2 Å². The van der Waals surface area contributed by atoms with Gasteiger partial charge in [-0.2, -0.15) is 0 Å². The Balaban J connectivity index is 2.62. The summed E-state index contributed by atoms with van der Waals surface area (Å²) in [6.45, 7) is 0.478. The second-order valence-electron chi connectivity index (χ2n) is 2.19. The Labute approximate surface area is 78.7 Å². The van der Waals surface area contributed by atoms with Crippen LogP contribution < -0.4 is 0 Å². The Morgan fingerprint density at radius 1 is 1.67 bits per heavy atom. The molecule has 0 N–H and O–H groups in total. The molecule has 3 nitrogen and oxygen atoms in total. The van der Waals surface area contributed by atoms with Gasteiger partial charge in [0.05, 0.1) is 6.54 Å². The minimum atomic E-state index is 0.478. The third-order valence-electron chi connectivity index (χ3n) is 1.41. The van der Waals surface area contributed by atoms with Crippen molar-refractivity contribution in [3.63, 3.8) is 0 Å². The van der Waals surface area contributed by atoms with Crippen LogP contribution in [-0.4, -0.2) is 17.6 Å². The standard InChI is InChI=1S/C8H7BrN2O/c9-8-5-10-3-1-7(8)2-4-11-6-12/h1,3,5H,2,4H2. The van der Waals surface area contributed by atoms with E-state index in [0.29, 0.717) is 6.54 Å². The quantitative estimate of drug-likeness (QED) is 0.582. The van der Waals surface area contributed by atoms with Crippen LogP contribution in [0.4, 0.5) is 0 Å². The summed E-state index contributed by atoms with van der Waals surface area (Å²) in [5.41, 5.74) is 1.10. The SMILES string of the molecule is O=C=NCCc1ccncc1Br. The summed E-state index contributed by atoms with van der Waals surface area (Å²) in [6.07, 6.45) is 5.67. The molecule has 0 atom stereocenters. The average Bonchev–Trinajstić information content (AvgIpc) is 2.09. The molecule has 0 amide bonds. The van der Waals surface area contributed by atoms with E-state index in [1.807, 2.05) is 6.07 Å². The van der Waals surface area contributed by atoms with Crippen LogP contribution in [0.3, 0.4) is 0 Å². The number of isocyanates is 1. The topological polar surface area (TPSA) is 42.3 Å². The van der Waals surface area contributed by atoms with Crippen LogP contribution in [0.1, 0.15) is 5.56 Å². The van der Waals surface area contributed by atoms with Crippen LogP contribution in [0.5, 0.6) is 0 Å². The van der Waals surface area contributed by atoms with Gasteiger partial charge in [-0.15, -0.1) is 0 Å². The van der Waals surface area contributed by atoms with Crippen LogP contribution in [0.2, 0.25) is 0 Å². The Kier molecular flexibility index (Phi) is 3.64. The second-order valence-corrected chi connectivity index (χ2v) is 3.04. The maximum atomic E-state index is 9.76. The molecule has 4 heteroatoms. The highest BCUT2D eigenvalue weighted by atomic mass is 79.9. The predicted molar refractivity (Wildman–Crippen MR) is 48.6 cm³/mol. The maximum absolute atomic E-state index is 9.76. The Morgan fingerprint density at radius 2 is 2.50 bits per heavy atom. The first-order valence-electron chi connectivity index (χ1n) is 3.46. The third kappa shape index (κ3) is 2.57. The van der Waals surface area contributed by atoms with E-state index in [1.165, 1.54) is 6.08 Å². The van der Waals surface area contributed by atoms with E-state index in [2.05, 4.69) is 25.9 Å². The number of rotatable bonds is 3. The molecule has 0 aliphatic heterocycles. The van der Waals surface area contributed by atoms with Crippen molar-refractivity contribution in [1.29, 1.82) is 0 Å². The fourth-order valence-electron chi connectivity index (χ4n) is 0.829. The van der Waals surface area contributed by atoms with Gasteiger partial charge in [-0.05, 0) is 34.0 Å². The number of carbonyl (C=O) groups excluding carboxylic acids is 1. The maximum Gasteiger partial charge on any atom is 0.234 e. The zero-order valence-electron chi connectivity index (χ0n) is 6.33. The van der Waals surface area contributed by atoms with Crippen molar-refractivity contribution >= 4 is 22.0 Å². The summed E-state index contributed by atoms with van der Waals surface area (Å²) >= 11 is 3.35. The predicted octanol–water partition coefficient (Wildman–Crippen LogP) is 1.72. The fraction of sp³-hybridized carbons (Fsp3) is 0.250. The van der Waals surface area contributed by atoms with Gasteiger partial charge in [-0.3, -0.25) is 4.98 Å². The lowest BCUT2D eigenvalue weighted by molar-refractivity contribution is 0.563. The van der Waals surface area contributed by atoms with Crippen LogP contribution in [0.25, 0.3) is 0 Å². The third-order valence-corrected chi connectivity index (χ3v) is 2.13. The van der Waals surface area contributed by atoms with Gasteiger partial charge in [0.1, 0.15) is 0 Å². The number of aliphatic imine (C=N–C) groups is 1. The largest absolute Gasteiger partial charge is 0.264 e. The average molecular weight is 227 g/mol. The molecule has 1 heterocycles. The Bertz CT molecular complexity index is 308. The molecule has 1 aromatic rings. The molecule has 0 aliphatic carbocycles. The van der Waals surface area contributed by atoms with E-state index in [-0.39, 0.29) is 0 Å². The smallest absolute Gasteiger partial charge is 0.234 e. The fourth-order valence-corrected chi connectivity index (χ4v) is 1.28. The number of nitrogens with zero attached hydrogens (tertiary/aromatic N) is 2. The number of aromatic nitrogens is 1. The van der Waals surface area contributed by atoms with Crippen molar-refractivity contribution < 1.29 is 4.79 Å². The molecular formula is C8H7BrN2O. The summed E-state index contributed by atoms with van der Waals surface area (Å²) in [7, 11) is 0. The summed E-state index contributed by atoms with van der Waals surface area (Å²) in [6, 6.07) is 1.89. The van der Waals surface area contributed by atoms with Gasteiger partial charge in [-0.25, -0.2) is 9.79 Å². The molecule has 1 rings (SSSR count). The van der Waals surface area contributed by atoms with Crippen molar-refractivity contribution in [1.82, 2.24) is 4.98 Å². The molecule has 0 unspecified atom stereocenters.